The summed E-state index contributed by atoms with van der Waals surface area (Å²) in [6.45, 7) is 4.13. The highest BCUT2D eigenvalue weighted by atomic mass is 35.5. The number of halogens is 1. The summed E-state index contributed by atoms with van der Waals surface area (Å²) in [7, 11) is 0. The van der Waals surface area contributed by atoms with Crippen molar-refractivity contribution >= 4 is 22.9 Å². The van der Waals surface area contributed by atoms with Gasteiger partial charge in [-0.15, -0.1) is 11.3 Å². The Morgan fingerprint density at radius 1 is 1.50 bits per heavy atom. The van der Waals surface area contributed by atoms with E-state index in [0.29, 0.717) is 12.2 Å². The zero-order valence-electron chi connectivity index (χ0n) is 9.54. The Bertz CT molecular complexity index is 329. The molecule has 1 N–H and O–H groups in total. The topological polar surface area (TPSA) is 21.3 Å². The quantitative estimate of drug-likeness (QED) is 0.821. The van der Waals surface area contributed by atoms with Gasteiger partial charge in [-0.3, -0.25) is 0 Å². The normalized spacial score (nSPS) is 25.1. The van der Waals surface area contributed by atoms with Crippen LogP contribution in [-0.2, 0) is 11.2 Å². The number of ether oxygens (including phenoxy) is 1. The highest BCUT2D eigenvalue weighted by Gasteiger charge is 2.20. The van der Waals surface area contributed by atoms with Crippen molar-refractivity contribution < 1.29 is 4.74 Å². The summed E-state index contributed by atoms with van der Waals surface area (Å²) in [5, 5.41) is 3.44. The fraction of sp³-hybridized carbons (Fsp3) is 0.667. The largest absolute Gasteiger partial charge is 0.374 e. The molecule has 1 aliphatic heterocycles. The molecule has 90 valence electrons. The molecular formula is C12H18ClNOS. The van der Waals surface area contributed by atoms with Crippen LogP contribution >= 0.6 is 22.9 Å². The van der Waals surface area contributed by atoms with Crippen LogP contribution in [0.5, 0.6) is 0 Å². The third-order valence-electron chi connectivity index (χ3n) is 2.87. The first-order valence-corrected chi connectivity index (χ1v) is 7.04. The van der Waals surface area contributed by atoms with Gasteiger partial charge in [-0.1, -0.05) is 11.6 Å². The zero-order chi connectivity index (χ0) is 11.4. The lowest BCUT2D eigenvalue weighted by atomic mass is 10.2. The summed E-state index contributed by atoms with van der Waals surface area (Å²) >= 11 is 7.54. The van der Waals surface area contributed by atoms with E-state index in [-0.39, 0.29) is 0 Å². The molecule has 4 heteroatoms. The van der Waals surface area contributed by atoms with E-state index in [2.05, 4.69) is 18.3 Å². The van der Waals surface area contributed by atoms with E-state index in [4.69, 9.17) is 16.3 Å². The second-order valence-electron chi connectivity index (χ2n) is 4.31. The lowest BCUT2D eigenvalue weighted by Gasteiger charge is -2.11. The predicted molar refractivity (Wildman–Crippen MR) is 69.5 cm³/mol. The molecule has 0 amide bonds. The summed E-state index contributed by atoms with van der Waals surface area (Å²) < 4.78 is 6.61. The fourth-order valence-corrected chi connectivity index (χ4v) is 3.08. The monoisotopic (exact) mass is 259 g/mol. The van der Waals surface area contributed by atoms with Gasteiger partial charge in [0, 0.05) is 18.0 Å². The molecular weight excluding hydrogens is 242 g/mol. The summed E-state index contributed by atoms with van der Waals surface area (Å²) in [6, 6.07) is 4.06. The van der Waals surface area contributed by atoms with Crippen LogP contribution in [0.4, 0.5) is 0 Å². The van der Waals surface area contributed by atoms with E-state index >= 15 is 0 Å². The van der Waals surface area contributed by atoms with Crippen LogP contribution < -0.4 is 5.32 Å². The molecule has 0 saturated carbocycles. The van der Waals surface area contributed by atoms with Gasteiger partial charge in [0.1, 0.15) is 0 Å². The Labute approximate surface area is 106 Å². The van der Waals surface area contributed by atoms with Gasteiger partial charge in [0.25, 0.3) is 0 Å². The van der Waals surface area contributed by atoms with Crippen molar-refractivity contribution in [2.24, 2.45) is 0 Å². The van der Waals surface area contributed by atoms with Crippen LogP contribution in [0.1, 0.15) is 24.6 Å². The highest BCUT2D eigenvalue weighted by Crippen LogP contribution is 2.21. The van der Waals surface area contributed by atoms with E-state index in [1.165, 1.54) is 17.7 Å². The number of rotatable bonds is 5. The molecule has 1 aliphatic rings. The minimum Gasteiger partial charge on any atom is -0.374 e. The maximum absolute atomic E-state index is 5.87. The first-order chi connectivity index (χ1) is 7.74. The molecule has 1 aromatic heterocycles. The van der Waals surface area contributed by atoms with Crippen LogP contribution in [0, 0.1) is 0 Å². The van der Waals surface area contributed by atoms with Gasteiger partial charge in [0.2, 0.25) is 0 Å². The van der Waals surface area contributed by atoms with Gasteiger partial charge < -0.3 is 10.1 Å². The molecule has 0 bridgehead atoms. The molecule has 2 atom stereocenters. The maximum Gasteiger partial charge on any atom is 0.0931 e. The molecule has 0 aliphatic carbocycles. The van der Waals surface area contributed by atoms with E-state index in [1.807, 2.05) is 6.07 Å². The number of hydrogen-bond acceptors (Lipinski definition) is 3. The standard InChI is InChI=1S/C12H18ClNOS/c1-9-2-3-10(15-9)8-14-7-6-11-4-5-12(13)16-11/h4-5,9-10,14H,2-3,6-8H2,1H3. The summed E-state index contributed by atoms with van der Waals surface area (Å²) in [6.07, 6.45) is 4.32. The molecule has 0 spiro atoms. The van der Waals surface area contributed by atoms with Gasteiger partial charge in [-0.2, -0.15) is 0 Å². The second-order valence-corrected chi connectivity index (χ2v) is 6.11. The number of nitrogens with one attached hydrogen (secondary N) is 1. The van der Waals surface area contributed by atoms with Crippen molar-refractivity contribution in [3.05, 3.63) is 21.3 Å². The van der Waals surface area contributed by atoms with Crippen molar-refractivity contribution in [2.75, 3.05) is 13.1 Å². The van der Waals surface area contributed by atoms with Crippen molar-refractivity contribution in [3.63, 3.8) is 0 Å². The number of thiophene rings is 1. The molecule has 0 aromatic carbocycles. The van der Waals surface area contributed by atoms with E-state index in [1.54, 1.807) is 11.3 Å². The van der Waals surface area contributed by atoms with Gasteiger partial charge in [0.15, 0.2) is 0 Å². The Morgan fingerprint density at radius 2 is 2.38 bits per heavy atom. The fourth-order valence-electron chi connectivity index (χ4n) is 2.00. The SMILES string of the molecule is CC1CCC(CNCCc2ccc(Cl)s2)O1. The Morgan fingerprint density at radius 3 is 3.00 bits per heavy atom. The van der Waals surface area contributed by atoms with Crippen LogP contribution in [0.15, 0.2) is 12.1 Å². The zero-order valence-corrected chi connectivity index (χ0v) is 11.1. The summed E-state index contributed by atoms with van der Waals surface area (Å²) in [5.74, 6) is 0. The molecule has 1 saturated heterocycles. The Balaban J connectivity index is 1.58. The van der Waals surface area contributed by atoms with Gasteiger partial charge >= 0.3 is 0 Å². The molecule has 16 heavy (non-hydrogen) atoms. The third-order valence-corrected chi connectivity index (χ3v) is 4.16. The Hall–Kier alpha value is -0.0900. The van der Waals surface area contributed by atoms with Gasteiger partial charge in [-0.05, 0) is 38.3 Å². The number of hydrogen-bond donors (Lipinski definition) is 1. The summed E-state index contributed by atoms with van der Waals surface area (Å²) in [5.41, 5.74) is 0. The first-order valence-electron chi connectivity index (χ1n) is 5.84. The van der Waals surface area contributed by atoms with Crippen LogP contribution in [0.3, 0.4) is 0 Å². The average molecular weight is 260 g/mol. The minimum atomic E-state index is 0.418. The van der Waals surface area contributed by atoms with Crippen molar-refractivity contribution in [2.45, 2.75) is 38.4 Å². The molecule has 2 rings (SSSR count). The van der Waals surface area contributed by atoms with Crippen molar-refractivity contribution in [3.8, 4) is 0 Å². The lowest BCUT2D eigenvalue weighted by Crippen LogP contribution is -2.28. The first kappa shape index (κ1) is 12.4. The van der Waals surface area contributed by atoms with Crippen LogP contribution in [-0.4, -0.2) is 25.3 Å². The highest BCUT2D eigenvalue weighted by molar-refractivity contribution is 7.16. The molecule has 0 radical (unpaired) electrons. The third kappa shape index (κ3) is 3.74. The van der Waals surface area contributed by atoms with E-state index < -0.39 is 0 Å². The van der Waals surface area contributed by atoms with E-state index in [0.717, 1.165) is 23.8 Å². The lowest BCUT2D eigenvalue weighted by molar-refractivity contribution is 0.0562. The smallest absolute Gasteiger partial charge is 0.0931 e. The summed E-state index contributed by atoms with van der Waals surface area (Å²) in [4.78, 5) is 1.35. The molecule has 2 unspecified atom stereocenters. The van der Waals surface area contributed by atoms with Gasteiger partial charge in [0.05, 0.1) is 16.5 Å². The van der Waals surface area contributed by atoms with Crippen molar-refractivity contribution in [1.82, 2.24) is 5.32 Å². The Kier molecular flexibility index (Phi) is 4.65. The second kappa shape index (κ2) is 6.01. The maximum atomic E-state index is 5.87. The van der Waals surface area contributed by atoms with Crippen LogP contribution in [0.2, 0.25) is 4.34 Å². The molecule has 1 aromatic rings. The average Bonchev–Trinajstić information content (AvgIpc) is 2.83. The van der Waals surface area contributed by atoms with Gasteiger partial charge in [-0.25, -0.2) is 0 Å². The van der Waals surface area contributed by atoms with Crippen LogP contribution in [0.25, 0.3) is 0 Å². The molecule has 2 heterocycles. The van der Waals surface area contributed by atoms with E-state index in [9.17, 15) is 0 Å². The predicted octanol–water partition coefficient (Wildman–Crippen LogP) is 3.10. The van der Waals surface area contributed by atoms with Crippen molar-refractivity contribution in [1.29, 1.82) is 0 Å². The molecule has 2 nitrogen and oxygen atoms in total. The molecule has 1 fully saturated rings. The minimum absolute atomic E-state index is 0.418.